The summed E-state index contributed by atoms with van der Waals surface area (Å²) in [6.45, 7) is 6.52. The molecule has 1 atom stereocenters. The third-order valence-corrected chi connectivity index (χ3v) is 3.42. The molecule has 0 saturated carbocycles. The molecular weight excluding hydrogens is 264 g/mol. The highest BCUT2D eigenvalue weighted by Gasteiger charge is 2.08. The predicted octanol–water partition coefficient (Wildman–Crippen LogP) is 4.99. The van der Waals surface area contributed by atoms with Gasteiger partial charge in [-0.1, -0.05) is 32.6 Å². The van der Waals surface area contributed by atoms with Crippen LogP contribution in [0.5, 0.6) is 5.75 Å². The third-order valence-electron chi connectivity index (χ3n) is 3.42. The van der Waals surface area contributed by atoms with Crippen molar-refractivity contribution in [3.05, 3.63) is 29.8 Å². The molecular formula is C18H28O3. The van der Waals surface area contributed by atoms with Crippen LogP contribution in [0.25, 0.3) is 0 Å². The van der Waals surface area contributed by atoms with E-state index in [2.05, 4.69) is 13.8 Å². The summed E-state index contributed by atoms with van der Waals surface area (Å²) in [5, 5.41) is 0. The van der Waals surface area contributed by atoms with Crippen LogP contribution in [0.1, 0.15) is 69.7 Å². The molecule has 1 aromatic carbocycles. The molecule has 0 aliphatic carbocycles. The molecule has 1 aromatic rings. The van der Waals surface area contributed by atoms with E-state index in [1.165, 1.54) is 32.1 Å². The first kappa shape index (κ1) is 17.5. The minimum Gasteiger partial charge on any atom is -0.491 e. The van der Waals surface area contributed by atoms with Crippen molar-refractivity contribution in [1.29, 1.82) is 0 Å². The van der Waals surface area contributed by atoms with Gasteiger partial charge in [-0.3, -0.25) is 0 Å². The second kappa shape index (κ2) is 10.3. The number of hydrogen-bond acceptors (Lipinski definition) is 3. The highest BCUT2D eigenvalue weighted by atomic mass is 16.5. The normalized spacial score (nSPS) is 12.0. The van der Waals surface area contributed by atoms with Crippen LogP contribution in [-0.2, 0) is 4.74 Å². The second-order valence-corrected chi connectivity index (χ2v) is 5.38. The van der Waals surface area contributed by atoms with E-state index in [1.807, 2.05) is 12.1 Å². The van der Waals surface area contributed by atoms with Crippen molar-refractivity contribution in [2.75, 3.05) is 6.61 Å². The van der Waals surface area contributed by atoms with Gasteiger partial charge in [-0.05, 0) is 51.0 Å². The van der Waals surface area contributed by atoms with Gasteiger partial charge in [-0.15, -0.1) is 0 Å². The van der Waals surface area contributed by atoms with Gasteiger partial charge in [0.15, 0.2) is 0 Å². The molecule has 0 N–H and O–H groups in total. The Morgan fingerprint density at radius 2 is 1.71 bits per heavy atom. The number of carbonyl (C=O) groups is 1. The Hall–Kier alpha value is -1.51. The van der Waals surface area contributed by atoms with Gasteiger partial charge in [-0.25, -0.2) is 4.79 Å². The average Bonchev–Trinajstić information content (AvgIpc) is 2.48. The van der Waals surface area contributed by atoms with Gasteiger partial charge in [-0.2, -0.15) is 0 Å². The molecule has 0 bridgehead atoms. The lowest BCUT2D eigenvalue weighted by Crippen LogP contribution is -2.11. The maximum Gasteiger partial charge on any atom is 0.338 e. The summed E-state index contributed by atoms with van der Waals surface area (Å²) in [6, 6.07) is 7.17. The maximum atomic E-state index is 11.5. The van der Waals surface area contributed by atoms with Gasteiger partial charge in [0, 0.05) is 0 Å². The van der Waals surface area contributed by atoms with Gasteiger partial charge in [0.2, 0.25) is 0 Å². The van der Waals surface area contributed by atoms with Crippen LogP contribution in [0.4, 0.5) is 0 Å². The number of benzene rings is 1. The molecule has 3 heteroatoms. The molecule has 0 amide bonds. The highest BCUT2D eigenvalue weighted by molar-refractivity contribution is 5.89. The molecule has 0 aliphatic rings. The Morgan fingerprint density at radius 3 is 2.33 bits per heavy atom. The molecule has 0 heterocycles. The van der Waals surface area contributed by atoms with Gasteiger partial charge in [0.1, 0.15) is 5.75 Å². The Balaban J connectivity index is 2.32. The molecule has 3 nitrogen and oxygen atoms in total. The summed E-state index contributed by atoms with van der Waals surface area (Å²) in [5.74, 6) is 0.525. The predicted molar refractivity (Wildman–Crippen MR) is 85.9 cm³/mol. The van der Waals surface area contributed by atoms with E-state index in [9.17, 15) is 4.79 Å². The average molecular weight is 292 g/mol. The van der Waals surface area contributed by atoms with E-state index in [0.29, 0.717) is 12.2 Å². The van der Waals surface area contributed by atoms with Gasteiger partial charge >= 0.3 is 5.97 Å². The second-order valence-electron chi connectivity index (χ2n) is 5.38. The fourth-order valence-corrected chi connectivity index (χ4v) is 2.21. The number of ether oxygens (including phenoxy) is 2. The topological polar surface area (TPSA) is 35.5 Å². The van der Waals surface area contributed by atoms with E-state index in [0.717, 1.165) is 12.2 Å². The van der Waals surface area contributed by atoms with Crippen LogP contribution in [0.3, 0.4) is 0 Å². The fraction of sp³-hybridized carbons (Fsp3) is 0.611. The zero-order valence-electron chi connectivity index (χ0n) is 13.6. The Labute approximate surface area is 128 Å². The molecule has 118 valence electrons. The number of carbonyl (C=O) groups excluding carboxylic acids is 1. The summed E-state index contributed by atoms with van der Waals surface area (Å²) < 4.78 is 10.8. The number of rotatable bonds is 10. The summed E-state index contributed by atoms with van der Waals surface area (Å²) in [6.07, 6.45) is 7.69. The first-order valence-corrected chi connectivity index (χ1v) is 8.11. The van der Waals surface area contributed by atoms with Crippen molar-refractivity contribution in [2.45, 2.75) is 65.4 Å². The minimum absolute atomic E-state index is 0.208. The molecule has 0 spiro atoms. The van der Waals surface area contributed by atoms with Crippen LogP contribution in [0.2, 0.25) is 0 Å². The van der Waals surface area contributed by atoms with Crippen LogP contribution in [0, 0.1) is 0 Å². The lowest BCUT2D eigenvalue weighted by Gasteiger charge is -2.14. The van der Waals surface area contributed by atoms with Crippen molar-refractivity contribution in [3.63, 3.8) is 0 Å². The zero-order chi connectivity index (χ0) is 15.5. The Kier molecular flexibility index (Phi) is 8.56. The molecule has 0 fully saturated rings. The van der Waals surface area contributed by atoms with E-state index in [4.69, 9.17) is 9.47 Å². The third kappa shape index (κ3) is 7.16. The van der Waals surface area contributed by atoms with Gasteiger partial charge in [0.25, 0.3) is 0 Å². The molecule has 0 aliphatic heterocycles. The largest absolute Gasteiger partial charge is 0.491 e. The van der Waals surface area contributed by atoms with Gasteiger partial charge < -0.3 is 9.47 Å². The fourth-order valence-electron chi connectivity index (χ4n) is 2.21. The van der Waals surface area contributed by atoms with Crippen molar-refractivity contribution in [2.24, 2.45) is 0 Å². The van der Waals surface area contributed by atoms with Crippen molar-refractivity contribution in [1.82, 2.24) is 0 Å². The van der Waals surface area contributed by atoms with Crippen LogP contribution in [-0.4, -0.2) is 18.7 Å². The van der Waals surface area contributed by atoms with E-state index >= 15 is 0 Å². The minimum atomic E-state index is -0.284. The van der Waals surface area contributed by atoms with Crippen LogP contribution in [0.15, 0.2) is 24.3 Å². The van der Waals surface area contributed by atoms with E-state index in [1.54, 1.807) is 19.1 Å². The van der Waals surface area contributed by atoms with Crippen molar-refractivity contribution in [3.8, 4) is 5.75 Å². The zero-order valence-corrected chi connectivity index (χ0v) is 13.6. The molecule has 1 unspecified atom stereocenters. The number of hydrogen-bond donors (Lipinski definition) is 0. The van der Waals surface area contributed by atoms with Gasteiger partial charge in [0.05, 0.1) is 18.3 Å². The molecule has 1 rings (SSSR count). The number of unbranched alkanes of at least 4 members (excludes halogenated alkanes) is 4. The standard InChI is InChI=1S/C18H28O3/c1-4-6-7-8-9-10-15(3)21-17-13-11-16(12-14-17)18(19)20-5-2/h11-15H,4-10H2,1-3H3. The quantitative estimate of drug-likeness (QED) is 0.450. The maximum absolute atomic E-state index is 11.5. The summed E-state index contributed by atoms with van der Waals surface area (Å²) >= 11 is 0. The van der Waals surface area contributed by atoms with E-state index < -0.39 is 0 Å². The van der Waals surface area contributed by atoms with Crippen molar-refractivity contribution < 1.29 is 14.3 Å². The Morgan fingerprint density at radius 1 is 1.05 bits per heavy atom. The highest BCUT2D eigenvalue weighted by Crippen LogP contribution is 2.17. The molecule has 21 heavy (non-hydrogen) atoms. The SMILES string of the molecule is CCCCCCCC(C)Oc1ccc(C(=O)OCC)cc1. The van der Waals surface area contributed by atoms with E-state index in [-0.39, 0.29) is 12.1 Å². The summed E-state index contributed by atoms with van der Waals surface area (Å²) in [4.78, 5) is 11.5. The van der Waals surface area contributed by atoms with Crippen LogP contribution < -0.4 is 4.74 Å². The smallest absolute Gasteiger partial charge is 0.338 e. The lowest BCUT2D eigenvalue weighted by molar-refractivity contribution is 0.0526. The first-order valence-electron chi connectivity index (χ1n) is 8.11. The molecule has 0 radical (unpaired) electrons. The monoisotopic (exact) mass is 292 g/mol. The Bertz CT molecular complexity index is 397. The lowest BCUT2D eigenvalue weighted by atomic mass is 10.1. The van der Waals surface area contributed by atoms with Crippen molar-refractivity contribution >= 4 is 5.97 Å². The van der Waals surface area contributed by atoms with Crippen LogP contribution >= 0.6 is 0 Å². The number of esters is 1. The summed E-state index contributed by atoms with van der Waals surface area (Å²) in [5.41, 5.74) is 0.566. The molecule has 0 saturated heterocycles. The summed E-state index contributed by atoms with van der Waals surface area (Å²) in [7, 11) is 0. The molecule has 0 aromatic heterocycles. The first-order chi connectivity index (χ1) is 10.2.